The van der Waals surface area contributed by atoms with Crippen LogP contribution in [0.1, 0.15) is 24.1 Å². The van der Waals surface area contributed by atoms with Crippen LogP contribution in [0.3, 0.4) is 0 Å². The van der Waals surface area contributed by atoms with Crippen molar-refractivity contribution < 1.29 is 19.0 Å². The van der Waals surface area contributed by atoms with Crippen LogP contribution in [0.15, 0.2) is 75.7 Å². The fraction of sp³-hybridized carbons (Fsp3) is 0.167. The number of benzene rings is 3. The van der Waals surface area contributed by atoms with Crippen molar-refractivity contribution in [2.75, 3.05) is 20.8 Å². The number of fused-ring (bicyclic) bond motifs is 2. The summed E-state index contributed by atoms with van der Waals surface area (Å²) in [4.78, 5) is 32.1. The standard InChI is InChI=1S/C30H23ClN2O5S/c1-5-14-38-24-12-10-18-8-6-7-9-20(18)21(24)16-25-28(34)33-27(22-15-19(31)11-13-23(22)36-3)26(29(35)37-4)17(2)32-30(33)39-25/h1,6-13,15-16,27H,14H2,2-4H3/b25-16-/t27-/m0/s1. The minimum Gasteiger partial charge on any atom is -0.496 e. The molecular formula is C30H23ClN2O5S. The maximum Gasteiger partial charge on any atom is 0.338 e. The number of nitrogens with zero attached hydrogens (tertiary/aromatic N) is 2. The number of methoxy groups -OCH3 is 2. The lowest BCUT2D eigenvalue weighted by Crippen LogP contribution is -2.40. The van der Waals surface area contributed by atoms with E-state index < -0.39 is 12.0 Å². The van der Waals surface area contributed by atoms with E-state index in [1.165, 1.54) is 30.1 Å². The molecule has 3 aromatic carbocycles. The Labute approximate surface area is 233 Å². The van der Waals surface area contributed by atoms with Gasteiger partial charge in [-0.15, -0.1) is 6.42 Å². The lowest BCUT2D eigenvalue weighted by Gasteiger charge is -2.25. The highest BCUT2D eigenvalue weighted by molar-refractivity contribution is 7.07. The van der Waals surface area contributed by atoms with Gasteiger partial charge in [-0.25, -0.2) is 9.79 Å². The molecule has 7 nitrogen and oxygen atoms in total. The molecule has 0 bridgehead atoms. The van der Waals surface area contributed by atoms with E-state index in [4.69, 9.17) is 32.2 Å². The molecule has 0 aliphatic carbocycles. The van der Waals surface area contributed by atoms with Crippen LogP contribution >= 0.6 is 22.9 Å². The molecule has 0 amide bonds. The Bertz CT molecular complexity index is 1880. The number of hydrogen-bond donors (Lipinski definition) is 0. The number of thiazole rings is 1. The molecule has 0 radical (unpaired) electrons. The third kappa shape index (κ3) is 4.71. The second-order valence-electron chi connectivity index (χ2n) is 8.65. The van der Waals surface area contributed by atoms with Crippen LogP contribution in [0, 0.1) is 12.3 Å². The quantitative estimate of drug-likeness (QED) is 0.261. The zero-order valence-corrected chi connectivity index (χ0v) is 22.9. The fourth-order valence-electron chi connectivity index (χ4n) is 4.71. The van der Waals surface area contributed by atoms with E-state index in [2.05, 4.69) is 10.9 Å². The van der Waals surface area contributed by atoms with Gasteiger partial charge in [-0.3, -0.25) is 9.36 Å². The molecule has 0 unspecified atom stereocenters. The topological polar surface area (TPSA) is 79.1 Å². The third-order valence-electron chi connectivity index (χ3n) is 6.43. The first-order valence-corrected chi connectivity index (χ1v) is 13.1. The number of rotatable bonds is 6. The summed E-state index contributed by atoms with van der Waals surface area (Å²) in [5.41, 5.74) is 1.57. The first-order valence-electron chi connectivity index (χ1n) is 11.9. The van der Waals surface area contributed by atoms with Gasteiger partial charge in [0.15, 0.2) is 4.80 Å². The predicted octanol–water partition coefficient (Wildman–Crippen LogP) is 4.24. The minimum atomic E-state index is -0.867. The number of ether oxygens (including phenoxy) is 3. The first-order chi connectivity index (χ1) is 18.9. The van der Waals surface area contributed by atoms with Gasteiger partial charge >= 0.3 is 5.97 Å². The zero-order valence-electron chi connectivity index (χ0n) is 21.4. The van der Waals surface area contributed by atoms with Crippen LogP contribution in [-0.2, 0) is 9.53 Å². The number of hydrogen-bond acceptors (Lipinski definition) is 7. The van der Waals surface area contributed by atoms with Crippen LogP contribution in [0.5, 0.6) is 11.5 Å². The molecule has 2 heterocycles. The highest BCUT2D eigenvalue weighted by atomic mass is 35.5. The van der Waals surface area contributed by atoms with E-state index in [9.17, 15) is 9.59 Å². The van der Waals surface area contributed by atoms with Gasteiger partial charge in [0.1, 0.15) is 24.1 Å². The van der Waals surface area contributed by atoms with Crippen LogP contribution < -0.4 is 24.4 Å². The number of terminal acetylenes is 1. The van der Waals surface area contributed by atoms with E-state index in [-0.39, 0.29) is 17.7 Å². The van der Waals surface area contributed by atoms with Crippen molar-refractivity contribution in [3.8, 4) is 23.8 Å². The molecular weight excluding hydrogens is 536 g/mol. The van der Waals surface area contributed by atoms with Gasteiger partial charge < -0.3 is 14.2 Å². The fourth-order valence-corrected chi connectivity index (χ4v) is 5.92. The molecule has 1 aliphatic rings. The van der Waals surface area contributed by atoms with E-state index >= 15 is 0 Å². The molecule has 0 fully saturated rings. The number of carbonyl (C=O) groups is 1. The summed E-state index contributed by atoms with van der Waals surface area (Å²) in [7, 11) is 2.81. The Morgan fingerprint density at radius 3 is 2.69 bits per heavy atom. The molecule has 1 aliphatic heterocycles. The average Bonchev–Trinajstić information content (AvgIpc) is 3.25. The molecule has 0 saturated carbocycles. The number of halogens is 1. The second kappa shape index (κ2) is 10.8. The largest absolute Gasteiger partial charge is 0.496 e. The minimum absolute atomic E-state index is 0.0800. The maximum atomic E-state index is 14.1. The van der Waals surface area contributed by atoms with Gasteiger partial charge in [0, 0.05) is 16.1 Å². The summed E-state index contributed by atoms with van der Waals surface area (Å²) < 4.78 is 18.4. The Balaban J connectivity index is 1.82. The number of allylic oxidation sites excluding steroid dienone is 1. The van der Waals surface area contributed by atoms with Gasteiger partial charge in [-0.1, -0.05) is 59.2 Å². The normalized spacial score (nSPS) is 14.9. The molecule has 39 heavy (non-hydrogen) atoms. The SMILES string of the molecule is C#CCOc1ccc2ccccc2c1/C=c1\sc2n(c1=O)[C@@H](c1cc(Cl)ccc1OC)C(C(=O)OC)=C(C)N=2. The van der Waals surface area contributed by atoms with Crippen LogP contribution in [0.4, 0.5) is 0 Å². The highest BCUT2D eigenvalue weighted by Gasteiger charge is 2.35. The monoisotopic (exact) mass is 558 g/mol. The van der Waals surface area contributed by atoms with Crippen molar-refractivity contribution in [2.24, 2.45) is 4.99 Å². The molecule has 0 saturated heterocycles. The Morgan fingerprint density at radius 1 is 1.18 bits per heavy atom. The van der Waals surface area contributed by atoms with Gasteiger partial charge in [-0.2, -0.15) is 0 Å². The first kappa shape index (κ1) is 26.3. The molecule has 0 spiro atoms. The molecule has 1 atom stereocenters. The molecule has 5 rings (SSSR count). The van der Waals surface area contributed by atoms with Crippen molar-refractivity contribution in [3.63, 3.8) is 0 Å². The average molecular weight is 559 g/mol. The van der Waals surface area contributed by atoms with Gasteiger partial charge in [0.2, 0.25) is 0 Å². The van der Waals surface area contributed by atoms with Crippen molar-refractivity contribution in [3.05, 3.63) is 102 Å². The zero-order chi connectivity index (χ0) is 27.7. The number of esters is 1. The predicted molar refractivity (Wildman–Crippen MR) is 152 cm³/mol. The Hall–Kier alpha value is -4.32. The molecule has 9 heteroatoms. The number of aromatic nitrogens is 1. The van der Waals surface area contributed by atoms with Crippen molar-refractivity contribution in [1.29, 1.82) is 0 Å². The molecule has 1 aromatic heterocycles. The van der Waals surface area contributed by atoms with Crippen molar-refractivity contribution in [2.45, 2.75) is 13.0 Å². The lowest BCUT2D eigenvalue weighted by atomic mass is 9.95. The van der Waals surface area contributed by atoms with Gasteiger partial charge in [0.05, 0.1) is 30.0 Å². The Kier molecular flexibility index (Phi) is 7.29. The lowest BCUT2D eigenvalue weighted by molar-refractivity contribution is -0.136. The van der Waals surface area contributed by atoms with E-state index in [0.717, 1.165) is 16.3 Å². The van der Waals surface area contributed by atoms with Crippen LogP contribution in [0.2, 0.25) is 5.02 Å². The summed E-state index contributed by atoms with van der Waals surface area (Å²) in [6, 6.07) is 15.8. The number of carbonyl (C=O) groups excluding carboxylic acids is 1. The van der Waals surface area contributed by atoms with Crippen LogP contribution in [0.25, 0.3) is 16.8 Å². The Morgan fingerprint density at radius 2 is 1.95 bits per heavy atom. The summed E-state index contributed by atoms with van der Waals surface area (Å²) in [5, 5.41) is 2.31. The summed E-state index contributed by atoms with van der Waals surface area (Å²) in [6.07, 6.45) is 7.22. The van der Waals surface area contributed by atoms with E-state index in [1.54, 1.807) is 31.2 Å². The van der Waals surface area contributed by atoms with Crippen molar-refractivity contribution >= 4 is 45.8 Å². The van der Waals surface area contributed by atoms with Gasteiger partial charge in [0.25, 0.3) is 5.56 Å². The van der Waals surface area contributed by atoms with Crippen LogP contribution in [-0.4, -0.2) is 31.4 Å². The second-order valence-corrected chi connectivity index (χ2v) is 10.1. The van der Waals surface area contributed by atoms with E-state index in [1.807, 2.05) is 36.4 Å². The molecule has 196 valence electrons. The summed E-state index contributed by atoms with van der Waals surface area (Å²) in [5.74, 6) is 2.90. The summed E-state index contributed by atoms with van der Waals surface area (Å²) >= 11 is 7.57. The van der Waals surface area contributed by atoms with Gasteiger partial charge in [-0.05, 0) is 48.0 Å². The van der Waals surface area contributed by atoms with Crippen molar-refractivity contribution in [1.82, 2.24) is 4.57 Å². The maximum absolute atomic E-state index is 14.1. The third-order valence-corrected chi connectivity index (χ3v) is 7.65. The highest BCUT2D eigenvalue weighted by Crippen LogP contribution is 2.37. The molecule has 0 N–H and O–H groups in total. The van der Waals surface area contributed by atoms with E-state index in [0.29, 0.717) is 37.1 Å². The molecule has 4 aromatic rings. The summed E-state index contributed by atoms with van der Waals surface area (Å²) in [6.45, 7) is 1.79. The smallest absolute Gasteiger partial charge is 0.338 e.